The van der Waals surface area contributed by atoms with Gasteiger partial charge in [-0.1, -0.05) is 13.8 Å². The number of rotatable bonds is 4. The minimum Gasteiger partial charge on any atom is -0.463 e. The number of aldehydes is 1. The van der Waals surface area contributed by atoms with E-state index in [0.29, 0.717) is 0 Å². The van der Waals surface area contributed by atoms with Crippen LogP contribution in [0.15, 0.2) is 0 Å². The maximum Gasteiger partial charge on any atom is 0.302 e. The zero-order chi connectivity index (χ0) is 13.0. The lowest BCUT2D eigenvalue weighted by atomic mass is 9.83. The van der Waals surface area contributed by atoms with Crippen molar-refractivity contribution in [2.24, 2.45) is 11.8 Å². The normalized spacial score (nSPS) is 37.5. The third kappa shape index (κ3) is 3.26. The molecule has 1 aliphatic heterocycles. The molecule has 1 rings (SSSR count). The maximum absolute atomic E-state index is 10.9. The summed E-state index contributed by atoms with van der Waals surface area (Å²) in [6, 6.07) is 0. The Balaban J connectivity index is 2.70. The first kappa shape index (κ1) is 14.1. The first-order valence-corrected chi connectivity index (χ1v) is 5.78. The Hall–Kier alpha value is -0.940. The van der Waals surface area contributed by atoms with E-state index < -0.39 is 6.10 Å². The second-order valence-electron chi connectivity index (χ2n) is 4.50. The van der Waals surface area contributed by atoms with Crippen molar-refractivity contribution in [1.82, 2.24) is 0 Å². The molecular formula is C12H20O5. The van der Waals surface area contributed by atoms with Gasteiger partial charge in [0.05, 0.1) is 12.2 Å². The predicted octanol–water partition coefficient (Wildman–Crippen LogP) is 0.803. The summed E-state index contributed by atoms with van der Waals surface area (Å²) >= 11 is 0. The van der Waals surface area contributed by atoms with Crippen molar-refractivity contribution >= 4 is 12.3 Å². The number of hydrogen-bond acceptors (Lipinski definition) is 5. The minimum absolute atomic E-state index is 0.000998. The van der Waals surface area contributed by atoms with Crippen molar-refractivity contribution in [2.75, 3.05) is 13.7 Å². The topological polar surface area (TPSA) is 61.8 Å². The Morgan fingerprint density at radius 3 is 2.47 bits per heavy atom. The fraction of sp³-hybridized carbons (Fsp3) is 0.833. The predicted molar refractivity (Wildman–Crippen MR) is 60.5 cm³/mol. The smallest absolute Gasteiger partial charge is 0.302 e. The highest BCUT2D eigenvalue weighted by atomic mass is 16.6. The van der Waals surface area contributed by atoms with Gasteiger partial charge >= 0.3 is 5.97 Å². The first-order valence-electron chi connectivity index (χ1n) is 5.78. The van der Waals surface area contributed by atoms with Gasteiger partial charge in [-0.3, -0.25) is 4.79 Å². The molecule has 0 unspecified atom stereocenters. The fourth-order valence-electron chi connectivity index (χ4n) is 2.30. The van der Waals surface area contributed by atoms with E-state index in [1.54, 1.807) is 7.11 Å². The van der Waals surface area contributed by atoms with Crippen molar-refractivity contribution in [3.8, 4) is 0 Å². The number of esters is 1. The van der Waals surface area contributed by atoms with E-state index in [1.807, 2.05) is 13.8 Å². The van der Waals surface area contributed by atoms with Gasteiger partial charge in [0.1, 0.15) is 19.0 Å². The van der Waals surface area contributed by atoms with Crippen LogP contribution < -0.4 is 0 Å². The van der Waals surface area contributed by atoms with Crippen molar-refractivity contribution in [3.63, 3.8) is 0 Å². The summed E-state index contributed by atoms with van der Waals surface area (Å²) in [5.74, 6) is -0.275. The second-order valence-corrected chi connectivity index (χ2v) is 4.50. The number of methoxy groups -OCH3 is 1. The zero-order valence-corrected chi connectivity index (χ0v) is 10.7. The average molecular weight is 244 g/mol. The Bertz CT molecular complexity index is 278. The van der Waals surface area contributed by atoms with E-state index in [0.717, 1.165) is 6.29 Å². The molecule has 98 valence electrons. The van der Waals surface area contributed by atoms with Crippen LogP contribution in [0.25, 0.3) is 0 Å². The minimum atomic E-state index is -0.503. The van der Waals surface area contributed by atoms with Crippen molar-refractivity contribution in [2.45, 2.75) is 39.1 Å². The highest BCUT2D eigenvalue weighted by Gasteiger charge is 2.41. The van der Waals surface area contributed by atoms with Crippen LogP contribution in [0.3, 0.4) is 0 Å². The van der Waals surface area contributed by atoms with E-state index in [9.17, 15) is 9.59 Å². The van der Waals surface area contributed by atoms with Gasteiger partial charge < -0.3 is 19.0 Å². The van der Waals surface area contributed by atoms with Gasteiger partial charge in [0.2, 0.25) is 0 Å². The van der Waals surface area contributed by atoms with Crippen LogP contribution in [0.5, 0.6) is 0 Å². The molecule has 0 aromatic rings. The van der Waals surface area contributed by atoms with Crippen LogP contribution in [0.1, 0.15) is 20.8 Å². The van der Waals surface area contributed by atoms with Gasteiger partial charge in [0.15, 0.2) is 0 Å². The lowest BCUT2D eigenvalue weighted by molar-refractivity contribution is -0.188. The molecule has 0 aliphatic carbocycles. The van der Waals surface area contributed by atoms with Gasteiger partial charge in [0.25, 0.3) is 0 Å². The standard InChI is InChI=1S/C12H20O5/c1-7-10(5-13)17-11(6-16-9(3)14)8(2)12(7)15-4/h5,7-8,10-12H,6H2,1-4H3/t7-,8+,10+,11-,12-/m1/s1. The third-order valence-corrected chi connectivity index (χ3v) is 3.33. The molecule has 0 aromatic carbocycles. The summed E-state index contributed by atoms with van der Waals surface area (Å²) in [4.78, 5) is 21.7. The van der Waals surface area contributed by atoms with Crippen LogP contribution >= 0.6 is 0 Å². The molecule has 0 spiro atoms. The lowest BCUT2D eigenvalue weighted by Crippen LogP contribution is -2.51. The zero-order valence-electron chi connectivity index (χ0n) is 10.7. The van der Waals surface area contributed by atoms with Crippen molar-refractivity contribution in [1.29, 1.82) is 0 Å². The van der Waals surface area contributed by atoms with Gasteiger partial charge in [0, 0.05) is 25.9 Å². The summed E-state index contributed by atoms with van der Waals surface area (Å²) in [5.41, 5.74) is 0. The maximum atomic E-state index is 10.9. The highest BCUT2D eigenvalue weighted by Crippen LogP contribution is 2.31. The van der Waals surface area contributed by atoms with Crippen LogP contribution in [0.4, 0.5) is 0 Å². The molecule has 0 bridgehead atoms. The average Bonchev–Trinajstić information content (AvgIpc) is 2.28. The molecule has 0 saturated carbocycles. The molecular weight excluding hydrogens is 224 g/mol. The SMILES string of the molecule is CO[C@H]1[C@@H](C)[C@@H](COC(C)=O)O[C@@H](C=O)[C@H]1C. The molecule has 5 atom stereocenters. The van der Waals surface area contributed by atoms with Crippen LogP contribution in [-0.2, 0) is 23.8 Å². The molecule has 0 radical (unpaired) electrons. The van der Waals surface area contributed by atoms with Crippen molar-refractivity contribution in [3.05, 3.63) is 0 Å². The molecule has 0 N–H and O–H groups in total. The summed E-state index contributed by atoms with van der Waals surface area (Å²) in [7, 11) is 1.62. The molecule has 5 heteroatoms. The van der Waals surface area contributed by atoms with Crippen LogP contribution in [0, 0.1) is 11.8 Å². The lowest BCUT2D eigenvalue weighted by Gasteiger charge is -2.42. The summed E-state index contributed by atoms with van der Waals surface area (Å²) < 4.78 is 16.0. The van der Waals surface area contributed by atoms with E-state index in [4.69, 9.17) is 14.2 Å². The molecule has 1 aliphatic rings. The summed E-state index contributed by atoms with van der Waals surface area (Å²) in [5, 5.41) is 0. The fourth-order valence-corrected chi connectivity index (χ4v) is 2.30. The first-order chi connectivity index (χ1) is 8.01. The molecule has 0 aromatic heterocycles. The van der Waals surface area contributed by atoms with Gasteiger partial charge in [-0.2, -0.15) is 0 Å². The van der Waals surface area contributed by atoms with Gasteiger partial charge in [-0.05, 0) is 0 Å². The Kier molecular flexibility index (Phi) is 5.08. The number of hydrogen-bond donors (Lipinski definition) is 0. The Morgan fingerprint density at radius 1 is 1.35 bits per heavy atom. The number of ether oxygens (including phenoxy) is 3. The molecule has 5 nitrogen and oxygen atoms in total. The number of carbonyl (C=O) groups excluding carboxylic acids is 2. The molecule has 1 heterocycles. The van der Waals surface area contributed by atoms with E-state index in [-0.39, 0.29) is 36.6 Å². The van der Waals surface area contributed by atoms with Gasteiger partial charge in [-0.15, -0.1) is 0 Å². The van der Waals surface area contributed by atoms with Crippen molar-refractivity contribution < 1.29 is 23.8 Å². The molecule has 1 fully saturated rings. The van der Waals surface area contributed by atoms with Gasteiger partial charge in [-0.25, -0.2) is 0 Å². The molecule has 17 heavy (non-hydrogen) atoms. The highest BCUT2D eigenvalue weighted by molar-refractivity contribution is 5.65. The summed E-state index contributed by atoms with van der Waals surface area (Å²) in [6.07, 6.45) is -0.0879. The second kappa shape index (κ2) is 6.12. The molecule has 0 amide bonds. The third-order valence-electron chi connectivity index (χ3n) is 3.33. The van der Waals surface area contributed by atoms with E-state index in [2.05, 4.69) is 0 Å². The largest absolute Gasteiger partial charge is 0.463 e. The van der Waals surface area contributed by atoms with E-state index >= 15 is 0 Å². The van der Waals surface area contributed by atoms with Crippen LogP contribution in [0.2, 0.25) is 0 Å². The Morgan fingerprint density at radius 2 is 2.00 bits per heavy atom. The monoisotopic (exact) mass is 244 g/mol. The number of carbonyl (C=O) groups is 2. The quantitative estimate of drug-likeness (QED) is 0.541. The Labute approximate surface area is 101 Å². The van der Waals surface area contributed by atoms with E-state index in [1.165, 1.54) is 6.92 Å². The summed E-state index contributed by atoms with van der Waals surface area (Å²) in [6.45, 7) is 5.40. The molecule has 1 saturated heterocycles. The van der Waals surface area contributed by atoms with Crippen LogP contribution in [-0.4, -0.2) is 44.3 Å².